The molecule has 0 saturated heterocycles. The lowest BCUT2D eigenvalue weighted by Crippen LogP contribution is -2.20. The lowest BCUT2D eigenvalue weighted by molar-refractivity contribution is -0.116. The molecular weight excluding hydrogens is 370 g/mol. The van der Waals surface area contributed by atoms with Gasteiger partial charge in [0.2, 0.25) is 5.91 Å². The van der Waals surface area contributed by atoms with Crippen molar-refractivity contribution in [3.8, 4) is 11.5 Å². The number of halogens is 1. The first-order valence-electron chi connectivity index (χ1n) is 7.64. The van der Waals surface area contributed by atoms with Gasteiger partial charge in [0, 0.05) is 28.2 Å². The summed E-state index contributed by atoms with van der Waals surface area (Å²) in [6.07, 6.45) is 3.22. The molecule has 5 heteroatoms. The van der Waals surface area contributed by atoms with Crippen molar-refractivity contribution < 1.29 is 14.3 Å². The van der Waals surface area contributed by atoms with Gasteiger partial charge in [0.1, 0.15) is 11.5 Å². The Morgan fingerprint density at radius 3 is 2.75 bits per heavy atom. The van der Waals surface area contributed by atoms with Gasteiger partial charge < -0.3 is 14.8 Å². The van der Waals surface area contributed by atoms with Crippen LogP contribution >= 0.6 is 15.9 Å². The predicted octanol–water partition coefficient (Wildman–Crippen LogP) is 4.19. The number of carbonyl (C=O) groups is 1. The topological polar surface area (TPSA) is 47.6 Å². The van der Waals surface area contributed by atoms with Crippen LogP contribution in [0, 0.1) is 0 Å². The number of rotatable bonds is 7. The first-order valence-corrected chi connectivity index (χ1v) is 8.43. The second-order valence-electron chi connectivity index (χ2n) is 4.98. The van der Waals surface area contributed by atoms with Gasteiger partial charge in [-0.2, -0.15) is 0 Å². The highest BCUT2D eigenvalue weighted by atomic mass is 79.9. The van der Waals surface area contributed by atoms with Crippen molar-refractivity contribution in [1.29, 1.82) is 0 Å². The average molecular weight is 390 g/mol. The van der Waals surface area contributed by atoms with Crippen LogP contribution in [0.1, 0.15) is 18.1 Å². The van der Waals surface area contributed by atoms with E-state index in [-0.39, 0.29) is 5.91 Å². The van der Waals surface area contributed by atoms with Crippen LogP contribution in [0.25, 0.3) is 6.08 Å². The number of hydrogen-bond acceptors (Lipinski definition) is 3. The Morgan fingerprint density at radius 2 is 2.00 bits per heavy atom. The zero-order valence-electron chi connectivity index (χ0n) is 13.7. The van der Waals surface area contributed by atoms with E-state index in [1.165, 1.54) is 6.08 Å². The molecule has 0 unspecified atom stereocenters. The molecule has 2 aromatic rings. The van der Waals surface area contributed by atoms with Gasteiger partial charge in [-0.15, -0.1) is 0 Å². The Labute approximate surface area is 150 Å². The van der Waals surface area contributed by atoms with Crippen molar-refractivity contribution in [3.05, 3.63) is 64.1 Å². The Balaban J connectivity index is 2.00. The van der Waals surface area contributed by atoms with Crippen molar-refractivity contribution >= 4 is 27.9 Å². The number of benzene rings is 2. The van der Waals surface area contributed by atoms with Gasteiger partial charge in [0.05, 0.1) is 13.7 Å². The van der Waals surface area contributed by atoms with Crippen LogP contribution < -0.4 is 14.8 Å². The fraction of sp³-hybridized carbons (Fsp3) is 0.211. The van der Waals surface area contributed by atoms with Crippen molar-refractivity contribution in [3.63, 3.8) is 0 Å². The maximum atomic E-state index is 12.1. The molecule has 0 aliphatic carbocycles. The molecule has 0 heterocycles. The Morgan fingerprint density at radius 1 is 1.21 bits per heavy atom. The van der Waals surface area contributed by atoms with E-state index in [1.54, 1.807) is 13.2 Å². The molecule has 0 aromatic heterocycles. The van der Waals surface area contributed by atoms with E-state index in [4.69, 9.17) is 9.47 Å². The molecule has 0 saturated carbocycles. The highest BCUT2D eigenvalue weighted by molar-refractivity contribution is 9.10. The second-order valence-corrected chi connectivity index (χ2v) is 5.89. The zero-order valence-corrected chi connectivity index (χ0v) is 15.3. The molecule has 0 atom stereocenters. The summed E-state index contributed by atoms with van der Waals surface area (Å²) in [5.41, 5.74) is 1.78. The number of amides is 1. The summed E-state index contributed by atoms with van der Waals surface area (Å²) in [5.74, 6) is 1.32. The quantitative estimate of drug-likeness (QED) is 0.722. The molecule has 0 radical (unpaired) electrons. The number of nitrogens with one attached hydrogen (secondary N) is 1. The maximum Gasteiger partial charge on any atom is 0.244 e. The molecule has 1 N–H and O–H groups in total. The van der Waals surface area contributed by atoms with Crippen molar-refractivity contribution in [2.45, 2.75) is 13.5 Å². The molecule has 24 heavy (non-hydrogen) atoms. The minimum Gasteiger partial charge on any atom is -0.496 e. The Hall–Kier alpha value is -2.27. The van der Waals surface area contributed by atoms with Crippen LogP contribution in [0.3, 0.4) is 0 Å². The lowest BCUT2D eigenvalue weighted by atomic mass is 10.2. The molecule has 126 valence electrons. The standard InChI is InChI=1S/C19H20BrNO3/c1-3-24-18-7-5-4-6-15(18)13-21-19(22)11-8-14-12-16(20)9-10-17(14)23-2/h4-12H,3,13H2,1-2H3,(H,21,22)/b11-8+. The maximum absolute atomic E-state index is 12.1. The summed E-state index contributed by atoms with van der Waals surface area (Å²) in [5, 5.41) is 2.86. The molecule has 4 nitrogen and oxygen atoms in total. The normalized spacial score (nSPS) is 10.6. The summed E-state index contributed by atoms with van der Waals surface area (Å²) in [6.45, 7) is 2.94. The molecule has 2 rings (SSSR count). The van der Waals surface area contributed by atoms with E-state index in [1.807, 2.05) is 49.4 Å². The van der Waals surface area contributed by atoms with E-state index in [0.717, 1.165) is 21.3 Å². The van der Waals surface area contributed by atoms with Gasteiger partial charge >= 0.3 is 0 Å². The Kier molecular flexibility index (Phi) is 6.88. The average Bonchev–Trinajstić information content (AvgIpc) is 2.59. The van der Waals surface area contributed by atoms with Crippen LogP contribution in [0.15, 0.2) is 53.0 Å². The monoisotopic (exact) mass is 389 g/mol. The van der Waals surface area contributed by atoms with Crippen LogP contribution in [0.4, 0.5) is 0 Å². The largest absolute Gasteiger partial charge is 0.496 e. The first-order chi connectivity index (χ1) is 11.6. The van der Waals surface area contributed by atoms with E-state index in [2.05, 4.69) is 21.2 Å². The zero-order chi connectivity index (χ0) is 17.4. The number of methoxy groups -OCH3 is 1. The van der Waals surface area contributed by atoms with Gasteiger partial charge in [-0.1, -0.05) is 34.1 Å². The number of hydrogen-bond donors (Lipinski definition) is 1. The van der Waals surface area contributed by atoms with E-state index in [9.17, 15) is 4.79 Å². The molecule has 0 bridgehead atoms. The third kappa shape index (κ3) is 5.13. The van der Waals surface area contributed by atoms with Gasteiger partial charge in [-0.25, -0.2) is 0 Å². The fourth-order valence-corrected chi connectivity index (χ4v) is 2.57. The van der Waals surface area contributed by atoms with E-state index >= 15 is 0 Å². The summed E-state index contributed by atoms with van der Waals surface area (Å²) in [4.78, 5) is 12.1. The summed E-state index contributed by atoms with van der Waals surface area (Å²) in [6, 6.07) is 13.3. The number of para-hydroxylation sites is 1. The van der Waals surface area contributed by atoms with Crippen LogP contribution in [-0.2, 0) is 11.3 Å². The molecule has 0 spiro atoms. The minimum absolute atomic E-state index is 0.177. The predicted molar refractivity (Wildman–Crippen MR) is 99.2 cm³/mol. The second kappa shape index (κ2) is 9.13. The third-order valence-electron chi connectivity index (χ3n) is 3.33. The summed E-state index contributed by atoms with van der Waals surface area (Å²) in [7, 11) is 1.60. The van der Waals surface area contributed by atoms with Crippen LogP contribution in [0.2, 0.25) is 0 Å². The molecular formula is C19H20BrNO3. The van der Waals surface area contributed by atoms with Crippen molar-refractivity contribution in [2.75, 3.05) is 13.7 Å². The summed E-state index contributed by atoms with van der Waals surface area (Å²) < 4.78 is 11.8. The van der Waals surface area contributed by atoms with Crippen molar-refractivity contribution in [2.24, 2.45) is 0 Å². The van der Waals surface area contributed by atoms with Gasteiger partial charge in [0.15, 0.2) is 0 Å². The van der Waals surface area contributed by atoms with Gasteiger partial charge in [-0.3, -0.25) is 4.79 Å². The van der Waals surface area contributed by atoms with Gasteiger partial charge in [0.25, 0.3) is 0 Å². The SMILES string of the molecule is CCOc1ccccc1CNC(=O)/C=C/c1cc(Br)ccc1OC. The minimum atomic E-state index is -0.177. The van der Waals surface area contributed by atoms with Crippen LogP contribution in [-0.4, -0.2) is 19.6 Å². The van der Waals surface area contributed by atoms with E-state index in [0.29, 0.717) is 18.9 Å². The molecule has 0 aliphatic rings. The number of carbonyl (C=O) groups excluding carboxylic acids is 1. The first kappa shape index (κ1) is 18.1. The Bertz CT molecular complexity index is 728. The molecule has 2 aromatic carbocycles. The van der Waals surface area contributed by atoms with E-state index < -0.39 is 0 Å². The molecule has 0 fully saturated rings. The van der Waals surface area contributed by atoms with Crippen LogP contribution in [0.5, 0.6) is 11.5 Å². The smallest absolute Gasteiger partial charge is 0.244 e. The summed E-state index contributed by atoms with van der Waals surface area (Å²) >= 11 is 3.41. The highest BCUT2D eigenvalue weighted by Gasteiger charge is 2.05. The number of ether oxygens (including phenoxy) is 2. The third-order valence-corrected chi connectivity index (χ3v) is 3.82. The van der Waals surface area contributed by atoms with Crippen molar-refractivity contribution in [1.82, 2.24) is 5.32 Å². The molecule has 1 amide bonds. The fourth-order valence-electron chi connectivity index (χ4n) is 2.19. The molecule has 0 aliphatic heterocycles. The lowest BCUT2D eigenvalue weighted by Gasteiger charge is -2.10. The highest BCUT2D eigenvalue weighted by Crippen LogP contribution is 2.24. The van der Waals surface area contributed by atoms with Gasteiger partial charge in [-0.05, 0) is 37.3 Å².